The lowest BCUT2D eigenvalue weighted by Crippen LogP contribution is -2.25. The lowest BCUT2D eigenvalue weighted by Gasteiger charge is -2.15. The summed E-state index contributed by atoms with van der Waals surface area (Å²) >= 11 is 0. The van der Waals surface area contributed by atoms with Crippen LogP contribution in [0.4, 0.5) is 0 Å². The van der Waals surface area contributed by atoms with Gasteiger partial charge < -0.3 is 15.3 Å². The van der Waals surface area contributed by atoms with Crippen molar-refractivity contribution in [2.45, 2.75) is 31.7 Å². The quantitative estimate of drug-likeness (QED) is 0.504. The van der Waals surface area contributed by atoms with E-state index in [-0.39, 0.29) is 6.10 Å². The summed E-state index contributed by atoms with van der Waals surface area (Å²) in [6.07, 6.45) is -0.836. The topological polar surface area (TPSA) is 63.9 Å². The lowest BCUT2D eigenvalue weighted by atomic mass is 10.3. The second-order valence-corrected chi connectivity index (χ2v) is 3.53. The largest absolute Gasteiger partial charge is 0.393 e. The van der Waals surface area contributed by atoms with E-state index < -0.39 is 12.2 Å². The van der Waals surface area contributed by atoms with Gasteiger partial charge in [0, 0.05) is 19.6 Å². The number of aliphatic hydroxyl groups is 3. The van der Waals surface area contributed by atoms with Crippen LogP contribution in [0.3, 0.4) is 0 Å². The van der Waals surface area contributed by atoms with Crippen molar-refractivity contribution >= 4 is 0 Å². The Kier molecular flexibility index (Phi) is 3.46. The molecule has 0 aromatic carbocycles. The number of likely N-dealkylation sites (tertiary alicyclic amines) is 1. The number of β-amino-alcohol motifs (C(OH)–C–C–N with tert-alkyl or cyclic N) is 2. The third kappa shape index (κ3) is 2.71. The number of nitrogens with zero attached hydrogens (tertiary/aromatic N) is 1. The molecule has 0 aromatic rings. The molecule has 1 unspecified atom stereocenters. The Bertz CT molecular complexity index is 130. The first-order valence-electron chi connectivity index (χ1n) is 4.36. The van der Waals surface area contributed by atoms with Crippen LogP contribution in [0.5, 0.6) is 0 Å². The van der Waals surface area contributed by atoms with Gasteiger partial charge in [-0.3, -0.25) is 4.90 Å². The first-order valence-corrected chi connectivity index (χ1v) is 4.36. The summed E-state index contributed by atoms with van der Waals surface area (Å²) in [5.41, 5.74) is 0. The summed E-state index contributed by atoms with van der Waals surface area (Å²) in [7, 11) is 0. The normalized spacial score (nSPS) is 34.0. The fourth-order valence-corrected chi connectivity index (χ4v) is 1.40. The summed E-state index contributed by atoms with van der Waals surface area (Å²) in [6.45, 7) is 3.52. The molecule has 1 aliphatic heterocycles. The highest BCUT2D eigenvalue weighted by Crippen LogP contribution is 2.10. The van der Waals surface area contributed by atoms with Crippen molar-refractivity contribution in [1.29, 1.82) is 0 Å². The third-order valence-corrected chi connectivity index (χ3v) is 2.20. The number of hydrogen-bond donors (Lipinski definition) is 3. The number of rotatable bonds is 3. The maximum absolute atomic E-state index is 9.18. The predicted octanol–water partition coefficient (Wildman–Crippen LogP) is -1.21. The molecule has 0 aromatic heterocycles. The van der Waals surface area contributed by atoms with E-state index >= 15 is 0 Å². The van der Waals surface area contributed by atoms with Gasteiger partial charge in [-0.2, -0.15) is 0 Å². The highest BCUT2D eigenvalue weighted by molar-refractivity contribution is 4.82. The Hall–Kier alpha value is -0.160. The fraction of sp³-hybridized carbons (Fsp3) is 1.00. The molecule has 4 heteroatoms. The van der Waals surface area contributed by atoms with E-state index in [0.717, 1.165) is 6.54 Å². The first kappa shape index (κ1) is 9.92. The van der Waals surface area contributed by atoms with Crippen LogP contribution in [0.15, 0.2) is 0 Å². The van der Waals surface area contributed by atoms with Crippen molar-refractivity contribution in [1.82, 2.24) is 4.90 Å². The molecule has 72 valence electrons. The first-order chi connectivity index (χ1) is 5.59. The smallest absolute Gasteiger partial charge is 0.0938 e. The Morgan fingerprint density at radius 2 is 1.83 bits per heavy atom. The van der Waals surface area contributed by atoms with Gasteiger partial charge >= 0.3 is 0 Å². The number of hydrogen-bond acceptors (Lipinski definition) is 4. The van der Waals surface area contributed by atoms with Crippen LogP contribution in [0.25, 0.3) is 0 Å². The highest BCUT2D eigenvalue weighted by Gasteiger charge is 2.28. The van der Waals surface area contributed by atoms with Gasteiger partial charge in [0.15, 0.2) is 0 Å². The second kappa shape index (κ2) is 4.18. The standard InChI is InChI=1S/C8H17NO3/c1-6(10)2-3-9-4-7(11)8(12)5-9/h6-8,10-12H,2-5H2,1H3/t6?,7-,8+. The van der Waals surface area contributed by atoms with Crippen LogP contribution in [-0.4, -0.2) is 58.2 Å². The van der Waals surface area contributed by atoms with Crippen molar-refractivity contribution < 1.29 is 15.3 Å². The molecule has 12 heavy (non-hydrogen) atoms. The van der Waals surface area contributed by atoms with E-state index in [1.54, 1.807) is 6.92 Å². The van der Waals surface area contributed by atoms with Gasteiger partial charge in [-0.05, 0) is 13.3 Å². The minimum atomic E-state index is -0.612. The molecule has 1 saturated heterocycles. The van der Waals surface area contributed by atoms with Crippen molar-refractivity contribution in [3.05, 3.63) is 0 Å². The summed E-state index contributed by atoms with van der Waals surface area (Å²) in [6, 6.07) is 0. The molecular weight excluding hydrogens is 158 g/mol. The van der Waals surface area contributed by atoms with Gasteiger partial charge in [0.2, 0.25) is 0 Å². The van der Waals surface area contributed by atoms with Crippen molar-refractivity contribution in [2.24, 2.45) is 0 Å². The van der Waals surface area contributed by atoms with Crippen LogP contribution in [0, 0.1) is 0 Å². The molecule has 1 rings (SSSR count). The van der Waals surface area contributed by atoms with E-state index in [1.807, 2.05) is 4.90 Å². The molecule has 0 aliphatic carbocycles. The summed E-state index contributed by atoms with van der Waals surface area (Å²) in [5, 5.41) is 27.4. The molecule has 1 fully saturated rings. The second-order valence-electron chi connectivity index (χ2n) is 3.53. The maximum atomic E-state index is 9.18. The van der Waals surface area contributed by atoms with Crippen LogP contribution in [-0.2, 0) is 0 Å². The van der Waals surface area contributed by atoms with E-state index in [1.165, 1.54) is 0 Å². The van der Waals surface area contributed by atoms with Gasteiger partial charge in [0.05, 0.1) is 18.3 Å². The van der Waals surface area contributed by atoms with Gasteiger partial charge in [-0.25, -0.2) is 0 Å². The lowest BCUT2D eigenvalue weighted by molar-refractivity contribution is 0.0572. The zero-order valence-corrected chi connectivity index (χ0v) is 7.35. The van der Waals surface area contributed by atoms with E-state index in [9.17, 15) is 10.2 Å². The monoisotopic (exact) mass is 175 g/mol. The third-order valence-electron chi connectivity index (χ3n) is 2.20. The molecule has 0 spiro atoms. The minimum absolute atomic E-state index is 0.306. The molecule has 1 heterocycles. The average molecular weight is 175 g/mol. The summed E-state index contributed by atoms with van der Waals surface area (Å²) < 4.78 is 0. The van der Waals surface area contributed by atoms with E-state index in [0.29, 0.717) is 19.5 Å². The Labute approximate surface area is 72.4 Å². The molecular formula is C8H17NO3. The molecule has 3 atom stereocenters. The predicted molar refractivity (Wildman–Crippen MR) is 44.8 cm³/mol. The van der Waals surface area contributed by atoms with Crippen LogP contribution < -0.4 is 0 Å². The van der Waals surface area contributed by atoms with Gasteiger partial charge in [-0.1, -0.05) is 0 Å². The molecule has 0 radical (unpaired) electrons. The van der Waals surface area contributed by atoms with Crippen molar-refractivity contribution in [2.75, 3.05) is 19.6 Å². The average Bonchev–Trinajstić information content (AvgIpc) is 2.28. The van der Waals surface area contributed by atoms with Gasteiger partial charge in [-0.15, -0.1) is 0 Å². The Balaban J connectivity index is 2.19. The SMILES string of the molecule is CC(O)CCN1C[C@@H](O)[C@@H](O)C1. The molecule has 0 amide bonds. The molecule has 0 bridgehead atoms. The zero-order chi connectivity index (χ0) is 9.14. The number of aliphatic hydroxyl groups excluding tert-OH is 3. The van der Waals surface area contributed by atoms with E-state index in [4.69, 9.17) is 5.11 Å². The highest BCUT2D eigenvalue weighted by atomic mass is 16.3. The van der Waals surface area contributed by atoms with Gasteiger partial charge in [0.25, 0.3) is 0 Å². The van der Waals surface area contributed by atoms with Crippen LogP contribution in [0.1, 0.15) is 13.3 Å². The molecule has 4 nitrogen and oxygen atoms in total. The minimum Gasteiger partial charge on any atom is -0.393 e. The van der Waals surface area contributed by atoms with Gasteiger partial charge in [0.1, 0.15) is 0 Å². The fourth-order valence-electron chi connectivity index (χ4n) is 1.40. The summed E-state index contributed by atoms with van der Waals surface area (Å²) in [4.78, 5) is 1.96. The maximum Gasteiger partial charge on any atom is 0.0938 e. The molecule has 3 N–H and O–H groups in total. The van der Waals surface area contributed by atoms with Crippen molar-refractivity contribution in [3.8, 4) is 0 Å². The Morgan fingerprint density at radius 1 is 1.33 bits per heavy atom. The zero-order valence-electron chi connectivity index (χ0n) is 7.35. The molecule has 1 aliphatic rings. The Morgan fingerprint density at radius 3 is 2.25 bits per heavy atom. The summed E-state index contributed by atoms with van der Waals surface area (Å²) in [5.74, 6) is 0. The van der Waals surface area contributed by atoms with Crippen molar-refractivity contribution in [3.63, 3.8) is 0 Å². The van der Waals surface area contributed by atoms with Crippen LogP contribution in [0.2, 0.25) is 0 Å². The van der Waals surface area contributed by atoms with Crippen LogP contribution >= 0.6 is 0 Å². The van der Waals surface area contributed by atoms with E-state index in [2.05, 4.69) is 0 Å². The molecule has 0 saturated carbocycles.